The average molecular weight is 454 g/mol. The van der Waals surface area contributed by atoms with E-state index in [1.165, 1.54) is 6.26 Å². The van der Waals surface area contributed by atoms with Gasteiger partial charge in [0.25, 0.3) is 0 Å². The van der Waals surface area contributed by atoms with Gasteiger partial charge in [-0.25, -0.2) is 9.97 Å². The number of halogens is 4. The number of nitrogens with zero attached hydrogens (tertiary/aromatic N) is 2. The molecule has 0 fully saturated rings. The summed E-state index contributed by atoms with van der Waals surface area (Å²) in [5.41, 5.74) is 0.216. The van der Waals surface area contributed by atoms with Crippen LogP contribution in [-0.4, -0.2) is 26.3 Å². The molecule has 3 aromatic rings. The zero-order valence-electron chi connectivity index (χ0n) is 16.0. The molecule has 0 aliphatic heterocycles. The first-order valence-corrected chi connectivity index (χ1v) is 11.4. The molecule has 0 saturated carbocycles. The Hall–Kier alpha value is -2.58. The lowest BCUT2D eigenvalue weighted by Gasteiger charge is -2.14. The van der Waals surface area contributed by atoms with Crippen LogP contribution in [-0.2, 0) is 28.5 Å². The van der Waals surface area contributed by atoms with Crippen molar-refractivity contribution in [3.63, 3.8) is 0 Å². The van der Waals surface area contributed by atoms with Crippen LogP contribution < -0.4 is 5.32 Å². The highest BCUT2D eigenvalue weighted by Crippen LogP contribution is 2.32. The number of nitrogens with one attached hydrogen (secondary N) is 1. The van der Waals surface area contributed by atoms with Crippen LogP contribution in [0.4, 0.5) is 24.8 Å². The van der Waals surface area contributed by atoms with Gasteiger partial charge in [0.1, 0.15) is 0 Å². The first-order valence-electron chi connectivity index (χ1n) is 8.90. The number of aryl methyl sites for hydroxylation is 2. The number of alkyl halides is 3. The Labute approximate surface area is 178 Å². The lowest BCUT2D eigenvalue weighted by atomic mass is 10.1. The van der Waals surface area contributed by atoms with Crippen molar-refractivity contribution in [1.82, 2.24) is 9.97 Å². The van der Waals surface area contributed by atoms with E-state index in [0.29, 0.717) is 15.6 Å². The molecular weight excluding hydrogens is 435 g/mol. The zero-order valence-corrected chi connectivity index (χ0v) is 17.6. The van der Waals surface area contributed by atoms with Gasteiger partial charge in [-0.1, -0.05) is 35.9 Å². The molecule has 1 N–H and O–H groups in total. The van der Waals surface area contributed by atoms with Crippen molar-refractivity contribution in [3.05, 3.63) is 76.6 Å². The van der Waals surface area contributed by atoms with E-state index in [1.54, 1.807) is 48.5 Å². The minimum absolute atomic E-state index is 0.0224. The fourth-order valence-electron chi connectivity index (χ4n) is 2.82. The van der Waals surface area contributed by atoms with Crippen LogP contribution in [0.3, 0.4) is 0 Å². The Kier molecular flexibility index (Phi) is 6.38. The van der Waals surface area contributed by atoms with Crippen LogP contribution in [0.2, 0.25) is 5.02 Å². The SMILES string of the molecule is C=S(C)(=O)c1cccc(CCc2nc(Nc3ccccc3Cl)ncc2C(F)(F)F)c1. The molecule has 1 atom stereocenters. The Morgan fingerprint density at radius 3 is 2.53 bits per heavy atom. The number of hydrogen-bond donors (Lipinski definition) is 1. The second-order valence-corrected chi connectivity index (χ2v) is 9.70. The van der Waals surface area contributed by atoms with Gasteiger partial charge in [-0.2, -0.15) is 13.2 Å². The van der Waals surface area contributed by atoms with Crippen LogP contribution in [0.1, 0.15) is 16.8 Å². The van der Waals surface area contributed by atoms with Gasteiger partial charge in [-0.15, -0.1) is 0 Å². The maximum atomic E-state index is 13.4. The van der Waals surface area contributed by atoms with E-state index in [2.05, 4.69) is 21.2 Å². The first kappa shape index (κ1) is 22.1. The lowest BCUT2D eigenvalue weighted by molar-refractivity contribution is -0.138. The van der Waals surface area contributed by atoms with Crippen molar-refractivity contribution < 1.29 is 17.4 Å². The van der Waals surface area contributed by atoms with Crippen molar-refractivity contribution >= 4 is 38.6 Å². The number of aromatic nitrogens is 2. The molecule has 3 rings (SSSR count). The molecule has 0 amide bonds. The van der Waals surface area contributed by atoms with E-state index in [4.69, 9.17) is 11.6 Å². The van der Waals surface area contributed by atoms with Gasteiger partial charge >= 0.3 is 6.18 Å². The third-order valence-electron chi connectivity index (χ3n) is 4.34. The highest BCUT2D eigenvalue weighted by atomic mass is 35.5. The fourth-order valence-corrected chi connectivity index (χ4v) is 3.77. The average Bonchev–Trinajstić information content (AvgIpc) is 2.67. The molecule has 30 heavy (non-hydrogen) atoms. The standard InChI is InChI=1S/C21H19ClF3N3OS/c1-30(2,29)15-7-5-6-14(12-15)10-11-18-16(21(23,24)25)13-26-20(27-18)28-19-9-4-3-8-17(19)22/h3-9,12-13H,1,10-11H2,2H3,(H,26,27,28). The van der Waals surface area contributed by atoms with Crippen LogP contribution in [0.5, 0.6) is 0 Å². The maximum Gasteiger partial charge on any atom is 0.419 e. The quantitative estimate of drug-likeness (QED) is 0.509. The van der Waals surface area contributed by atoms with E-state index in [9.17, 15) is 17.4 Å². The first-order chi connectivity index (χ1) is 14.0. The lowest BCUT2D eigenvalue weighted by Crippen LogP contribution is -2.14. The van der Waals surface area contributed by atoms with Gasteiger partial charge in [0.2, 0.25) is 5.95 Å². The smallest absolute Gasteiger partial charge is 0.323 e. The fraction of sp³-hybridized carbons (Fsp3) is 0.190. The van der Waals surface area contributed by atoms with Crippen molar-refractivity contribution in [2.75, 3.05) is 11.6 Å². The summed E-state index contributed by atoms with van der Waals surface area (Å²) < 4.78 is 52.5. The molecule has 0 aliphatic carbocycles. The van der Waals surface area contributed by atoms with Gasteiger partial charge in [0.15, 0.2) is 0 Å². The summed E-state index contributed by atoms with van der Waals surface area (Å²) in [6.45, 7) is 0. The second kappa shape index (κ2) is 8.65. The molecule has 0 saturated heterocycles. The number of hydrogen-bond acceptors (Lipinski definition) is 4. The summed E-state index contributed by atoms with van der Waals surface area (Å²) in [4.78, 5) is 8.44. The van der Waals surface area contributed by atoms with E-state index in [0.717, 1.165) is 11.8 Å². The third-order valence-corrected chi connectivity index (χ3v) is 5.92. The predicted molar refractivity (Wildman–Crippen MR) is 115 cm³/mol. The third kappa shape index (κ3) is 5.52. The van der Waals surface area contributed by atoms with Crippen molar-refractivity contribution in [2.45, 2.75) is 23.9 Å². The Morgan fingerprint density at radius 1 is 1.13 bits per heavy atom. The maximum absolute atomic E-state index is 13.4. The van der Waals surface area contributed by atoms with Crippen LogP contribution in [0.15, 0.2) is 59.6 Å². The van der Waals surface area contributed by atoms with Gasteiger partial charge in [0, 0.05) is 17.3 Å². The van der Waals surface area contributed by atoms with E-state index < -0.39 is 21.3 Å². The summed E-state index contributed by atoms with van der Waals surface area (Å²) in [5.74, 6) is 3.67. The molecule has 0 radical (unpaired) electrons. The Bertz CT molecular complexity index is 1160. The highest BCUT2D eigenvalue weighted by molar-refractivity contribution is 7.99. The summed E-state index contributed by atoms with van der Waals surface area (Å²) in [5, 5.41) is 3.25. The summed E-state index contributed by atoms with van der Waals surface area (Å²) in [6, 6.07) is 13.7. The number of rotatable bonds is 6. The predicted octanol–water partition coefficient (Wildman–Crippen LogP) is 5.38. The Morgan fingerprint density at radius 2 is 1.87 bits per heavy atom. The molecule has 1 aromatic heterocycles. The van der Waals surface area contributed by atoms with Gasteiger partial charge in [-0.3, -0.25) is 4.21 Å². The minimum atomic E-state index is -4.58. The molecule has 158 valence electrons. The summed E-state index contributed by atoms with van der Waals surface area (Å²) >= 11 is 6.08. The van der Waals surface area contributed by atoms with Crippen LogP contribution in [0, 0.1) is 0 Å². The number of anilines is 2. The molecule has 1 heterocycles. The van der Waals surface area contributed by atoms with Gasteiger partial charge in [0.05, 0.1) is 22.0 Å². The van der Waals surface area contributed by atoms with Gasteiger partial charge < -0.3 is 5.32 Å². The molecule has 0 aliphatic rings. The normalized spacial score (nSPS) is 13.6. The van der Waals surface area contributed by atoms with Crippen molar-refractivity contribution in [3.8, 4) is 0 Å². The molecule has 0 spiro atoms. The zero-order chi connectivity index (χ0) is 21.9. The highest BCUT2D eigenvalue weighted by Gasteiger charge is 2.34. The summed E-state index contributed by atoms with van der Waals surface area (Å²) in [6.07, 6.45) is -1.97. The number of benzene rings is 2. The molecule has 2 aromatic carbocycles. The molecule has 9 heteroatoms. The van der Waals surface area contributed by atoms with Crippen LogP contribution in [0.25, 0.3) is 0 Å². The monoisotopic (exact) mass is 453 g/mol. The van der Waals surface area contributed by atoms with E-state index in [1.807, 2.05) is 0 Å². The molecule has 4 nitrogen and oxygen atoms in total. The second-order valence-electron chi connectivity index (χ2n) is 6.81. The van der Waals surface area contributed by atoms with E-state index >= 15 is 0 Å². The Balaban J connectivity index is 1.89. The summed E-state index contributed by atoms with van der Waals surface area (Å²) in [7, 11) is -2.41. The molecular formula is C21H19ClF3N3OS. The van der Waals surface area contributed by atoms with Gasteiger partial charge in [-0.05, 0) is 58.1 Å². The minimum Gasteiger partial charge on any atom is -0.323 e. The number of para-hydroxylation sites is 1. The van der Waals surface area contributed by atoms with E-state index in [-0.39, 0.29) is 24.5 Å². The molecule has 1 unspecified atom stereocenters. The molecule has 0 bridgehead atoms. The largest absolute Gasteiger partial charge is 0.419 e. The topological polar surface area (TPSA) is 54.9 Å². The van der Waals surface area contributed by atoms with Crippen molar-refractivity contribution in [2.24, 2.45) is 0 Å². The van der Waals surface area contributed by atoms with Crippen molar-refractivity contribution in [1.29, 1.82) is 0 Å². The van der Waals surface area contributed by atoms with Crippen LogP contribution >= 0.6 is 11.6 Å².